The smallest absolute Gasteiger partial charge is 0.0767 e. The fourth-order valence-corrected chi connectivity index (χ4v) is 4.80. The topological polar surface area (TPSA) is 47.3 Å². The number of fused-ring (bicyclic) bond motifs is 2. The van der Waals surface area contributed by atoms with Gasteiger partial charge in [-0.2, -0.15) is 5.26 Å². The first-order chi connectivity index (χ1) is 10.7. The second-order valence-corrected chi connectivity index (χ2v) is 6.93. The average molecular weight is 298 g/mol. The standard InChI is InChI=1S/C19H26N2O/c1-3-4-10-15-17(13-8-6-5-7-9-13)19(22)16-11-14(12-20)18(15)21(16)2/h5-9,14-19,22H,3-4,10-11H2,1-2H3/t14-,15-,16-,17-,18+,19?/m1/s1. The van der Waals surface area contributed by atoms with Gasteiger partial charge >= 0.3 is 0 Å². The van der Waals surface area contributed by atoms with Crippen molar-refractivity contribution in [2.75, 3.05) is 7.05 Å². The molecule has 6 atom stereocenters. The number of piperidine rings is 1. The van der Waals surface area contributed by atoms with Crippen molar-refractivity contribution in [1.29, 1.82) is 5.26 Å². The van der Waals surface area contributed by atoms with Gasteiger partial charge < -0.3 is 5.11 Å². The van der Waals surface area contributed by atoms with Crippen LogP contribution in [0.5, 0.6) is 0 Å². The summed E-state index contributed by atoms with van der Waals surface area (Å²) in [5.41, 5.74) is 1.23. The number of rotatable bonds is 4. The van der Waals surface area contributed by atoms with Crippen LogP contribution < -0.4 is 0 Å². The molecule has 1 aromatic carbocycles. The second-order valence-electron chi connectivity index (χ2n) is 6.93. The number of likely N-dealkylation sites (N-methyl/N-ethyl adjacent to an activating group) is 1. The van der Waals surface area contributed by atoms with E-state index in [4.69, 9.17) is 0 Å². The van der Waals surface area contributed by atoms with E-state index in [1.54, 1.807) is 0 Å². The lowest BCUT2D eigenvalue weighted by atomic mass is 9.71. The molecule has 2 saturated heterocycles. The minimum Gasteiger partial charge on any atom is -0.391 e. The molecule has 3 rings (SSSR count). The fraction of sp³-hybridized carbons (Fsp3) is 0.632. The fourth-order valence-electron chi connectivity index (χ4n) is 4.80. The van der Waals surface area contributed by atoms with Crippen LogP contribution in [0.3, 0.4) is 0 Å². The summed E-state index contributed by atoms with van der Waals surface area (Å²) in [4.78, 5) is 2.29. The highest BCUT2D eigenvalue weighted by molar-refractivity contribution is 5.27. The summed E-state index contributed by atoms with van der Waals surface area (Å²) in [6, 6.07) is 13.3. The van der Waals surface area contributed by atoms with E-state index >= 15 is 0 Å². The highest BCUT2D eigenvalue weighted by atomic mass is 16.3. The predicted octanol–water partition coefficient (Wildman–Crippen LogP) is 3.16. The molecule has 1 N–H and O–H groups in total. The molecule has 0 aliphatic carbocycles. The second kappa shape index (κ2) is 6.40. The van der Waals surface area contributed by atoms with Gasteiger partial charge in [-0.3, -0.25) is 4.90 Å². The van der Waals surface area contributed by atoms with Gasteiger partial charge in [0, 0.05) is 18.0 Å². The van der Waals surface area contributed by atoms with E-state index < -0.39 is 0 Å². The summed E-state index contributed by atoms with van der Waals surface area (Å²) < 4.78 is 0. The summed E-state index contributed by atoms with van der Waals surface area (Å²) in [7, 11) is 2.09. The van der Waals surface area contributed by atoms with Crippen molar-refractivity contribution >= 4 is 0 Å². The van der Waals surface area contributed by atoms with Gasteiger partial charge in [0.25, 0.3) is 0 Å². The van der Waals surface area contributed by atoms with E-state index in [0.29, 0.717) is 5.92 Å². The number of hydrogen-bond acceptors (Lipinski definition) is 3. The molecule has 2 bridgehead atoms. The Labute approximate surface area is 133 Å². The van der Waals surface area contributed by atoms with Gasteiger partial charge in [0.15, 0.2) is 0 Å². The molecule has 1 aromatic rings. The van der Waals surface area contributed by atoms with Crippen LogP contribution in [0.15, 0.2) is 30.3 Å². The number of aliphatic hydroxyl groups is 1. The van der Waals surface area contributed by atoms with Crippen LogP contribution in [-0.4, -0.2) is 35.2 Å². The molecule has 1 unspecified atom stereocenters. The zero-order valence-corrected chi connectivity index (χ0v) is 13.5. The molecule has 0 saturated carbocycles. The van der Waals surface area contributed by atoms with Crippen LogP contribution in [0.2, 0.25) is 0 Å². The summed E-state index contributed by atoms with van der Waals surface area (Å²) in [5, 5.41) is 20.6. The van der Waals surface area contributed by atoms with Crippen molar-refractivity contribution in [3.63, 3.8) is 0 Å². The Bertz CT molecular complexity index is 538. The third kappa shape index (κ3) is 2.45. The highest BCUT2D eigenvalue weighted by Crippen LogP contribution is 2.50. The van der Waals surface area contributed by atoms with Gasteiger partial charge in [0.1, 0.15) is 0 Å². The molecule has 118 valence electrons. The molecule has 0 amide bonds. The largest absolute Gasteiger partial charge is 0.391 e. The molecule has 3 nitrogen and oxygen atoms in total. The Hall–Kier alpha value is -1.37. The van der Waals surface area contributed by atoms with E-state index in [1.165, 1.54) is 5.56 Å². The zero-order chi connectivity index (χ0) is 15.7. The molecule has 2 aliphatic rings. The first kappa shape index (κ1) is 15.5. The monoisotopic (exact) mass is 298 g/mol. The van der Waals surface area contributed by atoms with E-state index in [-0.39, 0.29) is 30.0 Å². The molecule has 22 heavy (non-hydrogen) atoms. The van der Waals surface area contributed by atoms with Gasteiger partial charge in [-0.1, -0.05) is 50.1 Å². The van der Waals surface area contributed by atoms with Crippen LogP contribution in [0.25, 0.3) is 0 Å². The van der Waals surface area contributed by atoms with Crippen molar-refractivity contribution in [1.82, 2.24) is 4.90 Å². The van der Waals surface area contributed by atoms with Gasteiger partial charge in [0.2, 0.25) is 0 Å². The number of aliphatic hydroxyl groups excluding tert-OH is 1. The lowest BCUT2D eigenvalue weighted by Gasteiger charge is -2.47. The Balaban J connectivity index is 1.98. The van der Waals surface area contributed by atoms with Gasteiger partial charge in [-0.25, -0.2) is 0 Å². The van der Waals surface area contributed by atoms with E-state index in [2.05, 4.69) is 49.2 Å². The van der Waals surface area contributed by atoms with Gasteiger partial charge in [-0.15, -0.1) is 0 Å². The molecule has 3 heteroatoms. The molecule has 2 fully saturated rings. The van der Waals surface area contributed by atoms with Crippen LogP contribution in [0, 0.1) is 23.2 Å². The molecule has 2 heterocycles. The SMILES string of the molecule is CCCC[C@H]1[C@@H]2[C@@H](C#N)C[C@H](C(O)[C@@H]1c1ccccc1)N2C. The summed E-state index contributed by atoms with van der Waals surface area (Å²) in [6.07, 6.45) is 3.85. The molecule has 2 aliphatic heterocycles. The molecule has 0 spiro atoms. The third-order valence-electron chi connectivity index (χ3n) is 5.80. The Kier molecular flexibility index (Phi) is 4.52. The van der Waals surface area contributed by atoms with Crippen molar-refractivity contribution in [3.8, 4) is 6.07 Å². The highest BCUT2D eigenvalue weighted by Gasteiger charge is 2.55. The quantitative estimate of drug-likeness (QED) is 0.929. The van der Waals surface area contributed by atoms with E-state index in [1.807, 2.05) is 6.07 Å². The zero-order valence-electron chi connectivity index (χ0n) is 13.5. The molecule has 0 radical (unpaired) electrons. The number of nitriles is 1. The summed E-state index contributed by atoms with van der Waals surface area (Å²) in [6.45, 7) is 2.21. The maximum Gasteiger partial charge on any atom is 0.0767 e. The lowest BCUT2D eigenvalue weighted by molar-refractivity contribution is -0.0275. The Morgan fingerprint density at radius 2 is 2.05 bits per heavy atom. The lowest BCUT2D eigenvalue weighted by Crippen LogP contribution is -2.54. The molecular weight excluding hydrogens is 272 g/mol. The molecular formula is C19H26N2O. The van der Waals surface area contributed by atoms with Crippen molar-refractivity contribution in [2.45, 2.75) is 56.7 Å². The van der Waals surface area contributed by atoms with Crippen LogP contribution in [0.4, 0.5) is 0 Å². The summed E-state index contributed by atoms with van der Waals surface area (Å²) >= 11 is 0. The van der Waals surface area contributed by atoms with Crippen LogP contribution >= 0.6 is 0 Å². The number of hydrogen-bond donors (Lipinski definition) is 1. The normalized spacial score (nSPS) is 37.9. The van der Waals surface area contributed by atoms with Crippen LogP contribution in [0.1, 0.15) is 44.1 Å². The van der Waals surface area contributed by atoms with Crippen molar-refractivity contribution < 1.29 is 5.11 Å². The minimum absolute atomic E-state index is 0.0558. The minimum atomic E-state index is -0.371. The summed E-state index contributed by atoms with van der Waals surface area (Å²) in [5.74, 6) is 0.586. The maximum absolute atomic E-state index is 11.0. The first-order valence-electron chi connectivity index (χ1n) is 8.53. The third-order valence-corrected chi connectivity index (χ3v) is 5.80. The van der Waals surface area contributed by atoms with Gasteiger partial charge in [0.05, 0.1) is 18.1 Å². The molecule has 0 aromatic heterocycles. The van der Waals surface area contributed by atoms with E-state index in [0.717, 1.165) is 25.7 Å². The Morgan fingerprint density at radius 1 is 1.32 bits per heavy atom. The van der Waals surface area contributed by atoms with E-state index in [9.17, 15) is 10.4 Å². The Morgan fingerprint density at radius 3 is 2.68 bits per heavy atom. The number of nitrogens with zero attached hydrogens (tertiary/aromatic N) is 2. The van der Waals surface area contributed by atoms with Crippen molar-refractivity contribution in [3.05, 3.63) is 35.9 Å². The van der Waals surface area contributed by atoms with Crippen molar-refractivity contribution in [2.24, 2.45) is 11.8 Å². The van der Waals surface area contributed by atoms with Crippen LogP contribution in [-0.2, 0) is 0 Å². The maximum atomic E-state index is 11.0. The number of unbranched alkanes of at least 4 members (excludes halogenated alkanes) is 1. The predicted molar refractivity (Wildman–Crippen MR) is 87.3 cm³/mol. The average Bonchev–Trinajstić information content (AvgIpc) is 2.81. The number of benzene rings is 1. The first-order valence-corrected chi connectivity index (χ1v) is 8.53. The van der Waals surface area contributed by atoms with Gasteiger partial charge in [-0.05, 0) is 31.4 Å².